The number of carbonyl (C=O) groups excluding carboxylic acids is 1. The molecule has 0 unspecified atom stereocenters. The minimum Gasteiger partial charge on any atom is -0.356 e. The molecule has 2 aliphatic heterocycles. The van der Waals surface area contributed by atoms with E-state index in [1.807, 2.05) is 0 Å². The van der Waals surface area contributed by atoms with E-state index in [1.54, 1.807) is 0 Å². The molecule has 2 fully saturated rings. The van der Waals surface area contributed by atoms with Gasteiger partial charge in [-0.15, -0.1) is 0 Å². The third-order valence-corrected chi connectivity index (χ3v) is 5.31. The number of likely N-dealkylation sites (N-methyl/N-ethyl adjacent to an activating group) is 1. The van der Waals surface area contributed by atoms with E-state index in [0.717, 1.165) is 58.4 Å². The average Bonchev–Trinajstić information content (AvgIpc) is 2.66. The molecule has 1 spiro atoms. The molecule has 0 aromatic heterocycles. The number of hydrogen-bond donors (Lipinski definition) is 1. The summed E-state index contributed by atoms with van der Waals surface area (Å²) in [6.07, 6.45) is 7.43. The van der Waals surface area contributed by atoms with Gasteiger partial charge in [0.2, 0.25) is 5.91 Å². The zero-order valence-electron chi connectivity index (χ0n) is 14.0. The van der Waals surface area contributed by atoms with Crippen molar-refractivity contribution in [1.29, 1.82) is 0 Å². The van der Waals surface area contributed by atoms with Crippen molar-refractivity contribution in [1.82, 2.24) is 15.1 Å². The molecule has 2 aliphatic rings. The van der Waals surface area contributed by atoms with Crippen molar-refractivity contribution >= 4 is 5.91 Å². The second-order valence-corrected chi connectivity index (χ2v) is 6.71. The Morgan fingerprint density at radius 1 is 1.38 bits per heavy atom. The molecule has 120 valence electrons. The Morgan fingerprint density at radius 3 is 2.95 bits per heavy atom. The Morgan fingerprint density at radius 2 is 2.19 bits per heavy atom. The first-order chi connectivity index (χ1) is 10.1. The second-order valence-electron chi connectivity index (χ2n) is 6.71. The summed E-state index contributed by atoms with van der Waals surface area (Å²) in [5.41, 5.74) is 1.68. The lowest BCUT2D eigenvalue weighted by atomic mass is 9.86. The van der Waals surface area contributed by atoms with Crippen LogP contribution in [0.3, 0.4) is 0 Å². The smallest absolute Gasteiger partial charge is 0.220 e. The molecule has 0 saturated carbocycles. The summed E-state index contributed by atoms with van der Waals surface area (Å²) in [4.78, 5) is 16.7. The van der Waals surface area contributed by atoms with Crippen molar-refractivity contribution in [2.75, 3.05) is 39.8 Å². The highest BCUT2D eigenvalue weighted by Gasteiger charge is 2.40. The van der Waals surface area contributed by atoms with Crippen molar-refractivity contribution in [3.05, 3.63) is 11.6 Å². The number of carbonyl (C=O) groups is 1. The van der Waals surface area contributed by atoms with E-state index in [9.17, 15) is 4.79 Å². The van der Waals surface area contributed by atoms with Crippen LogP contribution >= 0.6 is 0 Å². The van der Waals surface area contributed by atoms with E-state index in [0.29, 0.717) is 6.42 Å². The number of amides is 1. The van der Waals surface area contributed by atoms with Crippen molar-refractivity contribution in [2.24, 2.45) is 0 Å². The summed E-state index contributed by atoms with van der Waals surface area (Å²) >= 11 is 0. The minimum absolute atomic E-state index is 0.195. The maximum absolute atomic E-state index is 11.6. The van der Waals surface area contributed by atoms with Gasteiger partial charge in [0.1, 0.15) is 0 Å². The molecule has 0 radical (unpaired) electrons. The van der Waals surface area contributed by atoms with Crippen LogP contribution in [-0.4, -0.2) is 61.0 Å². The van der Waals surface area contributed by atoms with Crippen LogP contribution in [0.1, 0.15) is 46.0 Å². The Balaban J connectivity index is 1.93. The van der Waals surface area contributed by atoms with E-state index in [2.05, 4.69) is 42.1 Å². The van der Waals surface area contributed by atoms with Gasteiger partial charge in [-0.3, -0.25) is 14.6 Å². The SMILES string of the molecule is CC/C(C)=C/CCN1CCN(C)[C@@]2(CCNC(=O)CC2)C1. The molecule has 21 heavy (non-hydrogen) atoms. The van der Waals surface area contributed by atoms with E-state index >= 15 is 0 Å². The molecule has 4 nitrogen and oxygen atoms in total. The fraction of sp³-hybridized carbons (Fsp3) is 0.824. The zero-order chi connectivity index (χ0) is 15.3. The summed E-state index contributed by atoms with van der Waals surface area (Å²) in [6, 6.07) is 0. The first kappa shape index (κ1) is 16.5. The lowest BCUT2D eigenvalue weighted by molar-refractivity contribution is -0.121. The van der Waals surface area contributed by atoms with Crippen LogP contribution in [0.25, 0.3) is 0 Å². The number of piperazine rings is 1. The van der Waals surface area contributed by atoms with Crippen LogP contribution in [0.4, 0.5) is 0 Å². The fourth-order valence-electron chi connectivity index (χ4n) is 3.51. The number of nitrogens with zero attached hydrogens (tertiary/aromatic N) is 2. The average molecular weight is 293 g/mol. The monoisotopic (exact) mass is 293 g/mol. The quantitative estimate of drug-likeness (QED) is 0.806. The van der Waals surface area contributed by atoms with Crippen molar-refractivity contribution in [3.63, 3.8) is 0 Å². The number of hydrogen-bond acceptors (Lipinski definition) is 3. The molecule has 0 bridgehead atoms. The highest BCUT2D eigenvalue weighted by molar-refractivity contribution is 5.76. The largest absolute Gasteiger partial charge is 0.356 e. The molecule has 1 amide bonds. The van der Waals surface area contributed by atoms with Gasteiger partial charge in [-0.05, 0) is 39.7 Å². The summed E-state index contributed by atoms with van der Waals surface area (Å²) in [7, 11) is 2.23. The van der Waals surface area contributed by atoms with E-state index in [1.165, 1.54) is 5.57 Å². The van der Waals surface area contributed by atoms with Crippen molar-refractivity contribution < 1.29 is 4.79 Å². The number of rotatable bonds is 4. The molecule has 2 rings (SSSR count). The summed E-state index contributed by atoms with van der Waals surface area (Å²) in [5, 5.41) is 3.02. The van der Waals surface area contributed by atoms with Gasteiger partial charge in [-0.2, -0.15) is 0 Å². The number of allylic oxidation sites excluding steroid dienone is 1. The van der Waals surface area contributed by atoms with Crippen LogP contribution in [-0.2, 0) is 4.79 Å². The Kier molecular flexibility index (Phi) is 5.82. The molecule has 1 N–H and O–H groups in total. The van der Waals surface area contributed by atoms with Crippen LogP contribution < -0.4 is 5.32 Å². The highest BCUT2D eigenvalue weighted by Crippen LogP contribution is 2.30. The van der Waals surface area contributed by atoms with Gasteiger partial charge in [0.05, 0.1) is 0 Å². The molecule has 1 atom stereocenters. The Labute approximate surface area is 129 Å². The topological polar surface area (TPSA) is 35.6 Å². The van der Waals surface area contributed by atoms with Gasteiger partial charge in [0.25, 0.3) is 0 Å². The summed E-state index contributed by atoms with van der Waals surface area (Å²) in [5.74, 6) is 0.221. The first-order valence-electron chi connectivity index (χ1n) is 8.42. The molecular formula is C17H31N3O. The van der Waals surface area contributed by atoms with Gasteiger partial charge in [0.15, 0.2) is 0 Å². The van der Waals surface area contributed by atoms with Crippen molar-refractivity contribution in [3.8, 4) is 0 Å². The predicted molar refractivity (Wildman–Crippen MR) is 87.3 cm³/mol. The summed E-state index contributed by atoms with van der Waals surface area (Å²) in [6.45, 7) is 9.78. The van der Waals surface area contributed by atoms with Crippen LogP contribution in [0.2, 0.25) is 0 Å². The highest BCUT2D eigenvalue weighted by atomic mass is 16.1. The molecule has 0 aromatic rings. The standard InChI is InChI=1S/C17H31N3O/c1-4-15(2)6-5-11-20-13-12-19(3)17(14-20)8-7-16(21)18-10-9-17/h6H,4-5,7-14H2,1-3H3,(H,18,21)/b15-6+/t17-/m0/s1. The Bertz CT molecular complexity index is 393. The van der Waals surface area contributed by atoms with Gasteiger partial charge in [0, 0.05) is 44.7 Å². The molecule has 2 heterocycles. The van der Waals surface area contributed by atoms with Crippen LogP contribution in [0.15, 0.2) is 11.6 Å². The third-order valence-electron chi connectivity index (χ3n) is 5.31. The van der Waals surface area contributed by atoms with E-state index in [-0.39, 0.29) is 11.4 Å². The normalized spacial score (nSPS) is 29.5. The second kappa shape index (κ2) is 7.41. The van der Waals surface area contributed by atoms with Gasteiger partial charge < -0.3 is 5.32 Å². The first-order valence-corrected chi connectivity index (χ1v) is 8.42. The van der Waals surface area contributed by atoms with Crippen molar-refractivity contribution in [2.45, 2.75) is 51.5 Å². The molecular weight excluding hydrogens is 262 g/mol. The maximum atomic E-state index is 11.6. The third kappa shape index (κ3) is 4.30. The molecule has 4 heteroatoms. The van der Waals surface area contributed by atoms with Crippen LogP contribution in [0, 0.1) is 0 Å². The van der Waals surface area contributed by atoms with Crippen LogP contribution in [0.5, 0.6) is 0 Å². The minimum atomic E-state index is 0.195. The maximum Gasteiger partial charge on any atom is 0.220 e. The van der Waals surface area contributed by atoms with E-state index < -0.39 is 0 Å². The lowest BCUT2D eigenvalue weighted by Crippen LogP contribution is -2.61. The molecule has 2 saturated heterocycles. The molecule has 0 aliphatic carbocycles. The lowest BCUT2D eigenvalue weighted by Gasteiger charge is -2.49. The van der Waals surface area contributed by atoms with Gasteiger partial charge >= 0.3 is 0 Å². The molecule has 0 aromatic carbocycles. The predicted octanol–water partition coefficient (Wildman–Crippen LogP) is 2.02. The number of nitrogens with one attached hydrogen (secondary N) is 1. The van der Waals surface area contributed by atoms with Gasteiger partial charge in [-0.25, -0.2) is 0 Å². The van der Waals surface area contributed by atoms with E-state index in [4.69, 9.17) is 0 Å². The summed E-state index contributed by atoms with van der Waals surface area (Å²) < 4.78 is 0. The fourth-order valence-corrected chi connectivity index (χ4v) is 3.51. The zero-order valence-corrected chi connectivity index (χ0v) is 14.0. The Hall–Kier alpha value is -0.870. The van der Waals surface area contributed by atoms with Gasteiger partial charge in [-0.1, -0.05) is 18.6 Å².